The summed E-state index contributed by atoms with van der Waals surface area (Å²) in [5, 5.41) is 1.15. The van der Waals surface area contributed by atoms with Crippen LogP contribution in [0.3, 0.4) is 0 Å². The van der Waals surface area contributed by atoms with Crippen LogP contribution in [0, 0.1) is 0 Å². The summed E-state index contributed by atoms with van der Waals surface area (Å²) in [7, 11) is 0. The quantitative estimate of drug-likeness (QED) is 0.655. The molecule has 0 radical (unpaired) electrons. The van der Waals surface area contributed by atoms with E-state index in [-0.39, 0.29) is 12.1 Å². The van der Waals surface area contributed by atoms with Crippen LogP contribution in [0.5, 0.6) is 0 Å². The highest BCUT2D eigenvalue weighted by atomic mass is 35.5. The largest absolute Gasteiger partial charge is 0.377 e. The molecule has 3 nitrogen and oxygen atoms in total. The fourth-order valence-corrected chi connectivity index (χ4v) is 2.46. The fraction of sp³-hybridized carbons (Fsp3) is 0.500. The maximum Gasteiger partial charge on any atom is 0.0745 e. The van der Waals surface area contributed by atoms with Crippen molar-refractivity contribution in [2.45, 2.75) is 31.4 Å². The van der Waals surface area contributed by atoms with E-state index in [0.29, 0.717) is 10.0 Å². The summed E-state index contributed by atoms with van der Waals surface area (Å²) in [5.74, 6) is 5.58. The Morgan fingerprint density at radius 3 is 2.82 bits per heavy atom. The van der Waals surface area contributed by atoms with Crippen molar-refractivity contribution in [3.63, 3.8) is 0 Å². The molecule has 0 aromatic heterocycles. The van der Waals surface area contributed by atoms with Gasteiger partial charge in [0.25, 0.3) is 0 Å². The van der Waals surface area contributed by atoms with E-state index in [1.54, 1.807) is 0 Å². The summed E-state index contributed by atoms with van der Waals surface area (Å²) < 4.78 is 5.63. The first-order valence-electron chi connectivity index (χ1n) is 5.72. The Labute approximate surface area is 111 Å². The average molecular weight is 275 g/mol. The predicted octanol–water partition coefficient (Wildman–Crippen LogP) is 2.55. The molecule has 0 saturated carbocycles. The molecule has 1 aromatic rings. The molecule has 2 unspecified atom stereocenters. The van der Waals surface area contributed by atoms with Gasteiger partial charge in [-0.25, -0.2) is 0 Å². The number of halogens is 2. The van der Waals surface area contributed by atoms with Gasteiger partial charge in [-0.1, -0.05) is 29.3 Å². The molecule has 2 rings (SSSR count). The lowest BCUT2D eigenvalue weighted by Gasteiger charge is -2.22. The van der Waals surface area contributed by atoms with Crippen molar-refractivity contribution in [2.75, 3.05) is 6.61 Å². The molecule has 1 fully saturated rings. The van der Waals surface area contributed by atoms with E-state index in [0.717, 1.165) is 31.4 Å². The van der Waals surface area contributed by atoms with Gasteiger partial charge in [-0.2, -0.15) is 0 Å². The van der Waals surface area contributed by atoms with Gasteiger partial charge < -0.3 is 4.74 Å². The zero-order valence-electron chi connectivity index (χ0n) is 9.46. The van der Waals surface area contributed by atoms with E-state index in [1.807, 2.05) is 18.2 Å². The average Bonchev–Trinajstić information content (AvgIpc) is 2.84. The highest BCUT2D eigenvalue weighted by molar-refractivity contribution is 6.42. The molecule has 1 aliphatic heterocycles. The monoisotopic (exact) mass is 274 g/mol. The summed E-state index contributed by atoms with van der Waals surface area (Å²) in [6, 6.07) is 5.77. The minimum absolute atomic E-state index is 0.120. The minimum atomic E-state index is 0.120. The number of hydrogen-bond acceptors (Lipinski definition) is 3. The van der Waals surface area contributed by atoms with E-state index in [2.05, 4.69) is 5.43 Å². The first kappa shape index (κ1) is 13.1. The first-order chi connectivity index (χ1) is 8.20. The van der Waals surface area contributed by atoms with Gasteiger partial charge in [-0.15, -0.1) is 0 Å². The molecule has 0 bridgehead atoms. The number of nitrogens with one attached hydrogen (secondary N) is 1. The summed E-state index contributed by atoms with van der Waals surface area (Å²) in [5.41, 5.74) is 3.93. The Bertz CT molecular complexity index is 381. The molecule has 1 saturated heterocycles. The lowest BCUT2D eigenvalue weighted by atomic mass is 10.00. The van der Waals surface area contributed by atoms with Gasteiger partial charge in [0.05, 0.1) is 22.2 Å². The second-order valence-electron chi connectivity index (χ2n) is 4.28. The second kappa shape index (κ2) is 6.03. The van der Waals surface area contributed by atoms with Crippen molar-refractivity contribution < 1.29 is 4.74 Å². The Morgan fingerprint density at radius 1 is 1.41 bits per heavy atom. The third-order valence-corrected chi connectivity index (χ3v) is 3.81. The van der Waals surface area contributed by atoms with Crippen LogP contribution in [0.25, 0.3) is 0 Å². The number of rotatable bonds is 4. The van der Waals surface area contributed by atoms with E-state index >= 15 is 0 Å². The van der Waals surface area contributed by atoms with Crippen molar-refractivity contribution in [3.8, 4) is 0 Å². The van der Waals surface area contributed by atoms with Gasteiger partial charge in [-0.05, 0) is 37.0 Å². The third-order valence-electron chi connectivity index (χ3n) is 3.07. The molecule has 1 aromatic carbocycles. The van der Waals surface area contributed by atoms with E-state index in [9.17, 15) is 0 Å². The molecule has 94 valence electrons. The molecule has 2 atom stereocenters. The molecule has 17 heavy (non-hydrogen) atoms. The number of hydrazine groups is 1. The van der Waals surface area contributed by atoms with Crippen LogP contribution in [0.2, 0.25) is 10.0 Å². The van der Waals surface area contributed by atoms with Crippen molar-refractivity contribution in [3.05, 3.63) is 33.8 Å². The van der Waals surface area contributed by atoms with Gasteiger partial charge in [0.15, 0.2) is 0 Å². The molecule has 1 aliphatic rings. The van der Waals surface area contributed by atoms with Crippen LogP contribution in [0.1, 0.15) is 18.4 Å². The topological polar surface area (TPSA) is 47.3 Å². The fourth-order valence-electron chi connectivity index (χ4n) is 2.14. The van der Waals surface area contributed by atoms with Crippen LogP contribution in [0.4, 0.5) is 0 Å². The Hall–Kier alpha value is -0.320. The van der Waals surface area contributed by atoms with Gasteiger partial charge in [-0.3, -0.25) is 11.3 Å². The molecule has 1 heterocycles. The maximum absolute atomic E-state index is 5.99. The number of ether oxygens (including phenoxy) is 1. The standard InChI is InChI=1S/C12H16Cl2N2O/c13-9-4-3-8(6-10(9)14)7-11(16-15)12-2-1-5-17-12/h3-4,6,11-12,16H,1-2,5,7,15H2. The van der Waals surface area contributed by atoms with E-state index < -0.39 is 0 Å². The van der Waals surface area contributed by atoms with Gasteiger partial charge in [0.1, 0.15) is 0 Å². The van der Waals surface area contributed by atoms with Crippen molar-refractivity contribution in [1.82, 2.24) is 5.43 Å². The predicted molar refractivity (Wildman–Crippen MR) is 70.3 cm³/mol. The van der Waals surface area contributed by atoms with Crippen molar-refractivity contribution >= 4 is 23.2 Å². The molecule has 0 amide bonds. The Morgan fingerprint density at radius 2 is 2.24 bits per heavy atom. The lowest BCUT2D eigenvalue weighted by Crippen LogP contribution is -2.45. The molecular formula is C12H16Cl2N2O. The van der Waals surface area contributed by atoms with Crippen LogP contribution in [-0.4, -0.2) is 18.8 Å². The molecular weight excluding hydrogens is 259 g/mol. The van der Waals surface area contributed by atoms with Crippen LogP contribution in [0.15, 0.2) is 18.2 Å². The minimum Gasteiger partial charge on any atom is -0.377 e. The Kier molecular flexibility index (Phi) is 4.65. The molecule has 0 aliphatic carbocycles. The maximum atomic E-state index is 5.99. The number of benzene rings is 1. The van der Waals surface area contributed by atoms with Crippen molar-refractivity contribution in [1.29, 1.82) is 0 Å². The summed E-state index contributed by atoms with van der Waals surface area (Å²) in [6.45, 7) is 0.824. The third kappa shape index (κ3) is 3.33. The lowest BCUT2D eigenvalue weighted by molar-refractivity contribution is 0.0784. The smallest absolute Gasteiger partial charge is 0.0745 e. The van der Waals surface area contributed by atoms with E-state index in [4.69, 9.17) is 33.8 Å². The molecule has 3 N–H and O–H groups in total. The summed E-state index contributed by atoms with van der Waals surface area (Å²) in [6.07, 6.45) is 3.13. The molecule has 0 spiro atoms. The first-order valence-corrected chi connectivity index (χ1v) is 6.48. The van der Waals surface area contributed by atoms with Crippen LogP contribution in [-0.2, 0) is 11.2 Å². The SMILES string of the molecule is NNC(Cc1ccc(Cl)c(Cl)c1)C1CCCO1. The number of hydrogen-bond donors (Lipinski definition) is 2. The second-order valence-corrected chi connectivity index (χ2v) is 5.09. The molecule has 5 heteroatoms. The summed E-state index contributed by atoms with van der Waals surface area (Å²) in [4.78, 5) is 0. The van der Waals surface area contributed by atoms with Gasteiger partial charge in [0, 0.05) is 6.61 Å². The normalized spacial score (nSPS) is 21.7. The number of nitrogens with two attached hydrogens (primary N) is 1. The summed E-state index contributed by atoms with van der Waals surface area (Å²) >= 11 is 11.9. The Balaban J connectivity index is 2.04. The van der Waals surface area contributed by atoms with Crippen LogP contribution >= 0.6 is 23.2 Å². The zero-order valence-corrected chi connectivity index (χ0v) is 11.0. The van der Waals surface area contributed by atoms with Gasteiger partial charge >= 0.3 is 0 Å². The van der Waals surface area contributed by atoms with Gasteiger partial charge in [0.2, 0.25) is 0 Å². The van der Waals surface area contributed by atoms with Crippen molar-refractivity contribution in [2.24, 2.45) is 5.84 Å². The highest BCUT2D eigenvalue weighted by Crippen LogP contribution is 2.24. The highest BCUT2D eigenvalue weighted by Gasteiger charge is 2.25. The van der Waals surface area contributed by atoms with Crippen LogP contribution < -0.4 is 11.3 Å². The van der Waals surface area contributed by atoms with E-state index in [1.165, 1.54) is 0 Å². The zero-order chi connectivity index (χ0) is 12.3.